The number of halogens is 1. The molecule has 1 fully saturated rings. The van der Waals surface area contributed by atoms with E-state index in [4.69, 9.17) is 16.3 Å². The van der Waals surface area contributed by atoms with Crippen molar-refractivity contribution in [3.63, 3.8) is 0 Å². The van der Waals surface area contributed by atoms with Gasteiger partial charge >= 0.3 is 6.09 Å². The predicted octanol–water partition coefficient (Wildman–Crippen LogP) is 3.93. The van der Waals surface area contributed by atoms with Crippen LogP contribution >= 0.6 is 11.6 Å². The third-order valence-electron chi connectivity index (χ3n) is 3.95. The summed E-state index contributed by atoms with van der Waals surface area (Å²) in [4.78, 5) is 14.3. The van der Waals surface area contributed by atoms with Gasteiger partial charge in [0.05, 0.1) is 17.3 Å². The van der Waals surface area contributed by atoms with E-state index in [1.165, 1.54) is 6.42 Å². The van der Waals surface area contributed by atoms with Crippen molar-refractivity contribution in [2.75, 3.05) is 31.6 Å². The summed E-state index contributed by atoms with van der Waals surface area (Å²) in [6, 6.07) is 5.52. The highest BCUT2D eigenvalue weighted by Gasteiger charge is 2.20. The van der Waals surface area contributed by atoms with Gasteiger partial charge < -0.3 is 9.64 Å². The number of piperidine rings is 1. The Kier molecular flexibility index (Phi) is 5.88. The van der Waals surface area contributed by atoms with Crippen LogP contribution in [0.25, 0.3) is 0 Å². The van der Waals surface area contributed by atoms with Gasteiger partial charge in [0.1, 0.15) is 0 Å². The van der Waals surface area contributed by atoms with E-state index in [0.29, 0.717) is 23.2 Å². The predicted molar refractivity (Wildman–Crippen MR) is 86.0 cm³/mol. The number of benzene rings is 1. The van der Waals surface area contributed by atoms with E-state index in [-0.39, 0.29) is 0 Å². The maximum absolute atomic E-state index is 11.9. The Labute approximate surface area is 131 Å². The number of nitrogens with one attached hydrogen (secondary N) is 1. The van der Waals surface area contributed by atoms with Crippen LogP contribution in [0.5, 0.6) is 0 Å². The summed E-state index contributed by atoms with van der Waals surface area (Å²) in [7, 11) is 0. The molecule has 1 aliphatic rings. The molecule has 1 unspecified atom stereocenters. The fraction of sp³-hybridized carbons (Fsp3) is 0.562. The minimum Gasteiger partial charge on any atom is -0.449 e. The molecule has 1 aromatic rings. The van der Waals surface area contributed by atoms with Gasteiger partial charge in [-0.2, -0.15) is 0 Å². The van der Waals surface area contributed by atoms with Gasteiger partial charge in [-0.1, -0.05) is 30.7 Å². The van der Waals surface area contributed by atoms with Gasteiger partial charge in [0.2, 0.25) is 0 Å². The van der Waals surface area contributed by atoms with Gasteiger partial charge in [-0.3, -0.25) is 5.32 Å². The number of amides is 1. The molecular formula is C16H23ClN2O2. The smallest absolute Gasteiger partial charge is 0.411 e. The first kappa shape index (κ1) is 16.1. The minimum atomic E-state index is -0.431. The minimum absolute atomic E-state index is 0.428. The SMILES string of the molecule is CCN1CCCC(COC(=O)Nc2c(C)cccc2Cl)C1. The van der Waals surface area contributed by atoms with Gasteiger partial charge in [0.25, 0.3) is 0 Å². The summed E-state index contributed by atoms with van der Waals surface area (Å²) < 4.78 is 5.35. The molecule has 1 N–H and O–H groups in total. The Morgan fingerprint density at radius 1 is 1.52 bits per heavy atom. The largest absolute Gasteiger partial charge is 0.449 e. The van der Waals surface area contributed by atoms with Crippen LogP contribution in [0.1, 0.15) is 25.3 Å². The van der Waals surface area contributed by atoms with Gasteiger partial charge in [-0.25, -0.2) is 4.79 Å². The van der Waals surface area contributed by atoms with Crippen molar-refractivity contribution in [3.05, 3.63) is 28.8 Å². The number of ether oxygens (including phenoxy) is 1. The molecule has 1 aromatic carbocycles. The molecule has 21 heavy (non-hydrogen) atoms. The summed E-state index contributed by atoms with van der Waals surface area (Å²) in [6.07, 6.45) is 1.86. The molecule has 0 bridgehead atoms. The van der Waals surface area contributed by atoms with Crippen LogP contribution in [0.15, 0.2) is 18.2 Å². The molecule has 4 nitrogen and oxygen atoms in total. The zero-order chi connectivity index (χ0) is 15.2. The monoisotopic (exact) mass is 310 g/mol. The molecule has 1 heterocycles. The van der Waals surface area contributed by atoms with E-state index in [0.717, 1.165) is 31.6 Å². The Hall–Kier alpha value is -1.26. The summed E-state index contributed by atoms with van der Waals surface area (Å²) in [5.41, 5.74) is 1.55. The Morgan fingerprint density at radius 3 is 3.05 bits per heavy atom. The quantitative estimate of drug-likeness (QED) is 0.916. The number of hydrogen-bond acceptors (Lipinski definition) is 3. The van der Waals surface area contributed by atoms with Crippen LogP contribution in [0, 0.1) is 12.8 Å². The van der Waals surface area contributed by atoms with E-state index < -0.39 is 6.09 Å². The van der Waals surface area contributed by atoms with Crippen molar-refractivity contribution in [2.45, 2.75) is 26.7 Å². The molecule has 0 aromatic heterocycles. The number of nitrogens with zero attached hydrogens (tertiary/aromatic N) is 1. The summed E-state index contributed by atoms with van der Waals surface area (Å²) in [5, 5.41) is 3.27. The lowest BCUT2D eigenvalue weighted by atomic mass is 9.99. The molecule has 116 valence electrons. The first-order chi connectivity index (χ1) is 10.1. The third-order valence-corrected chi connectivity index (χ3v) is 4.26. The van der Waals surface area contributed by atoms with Crippen LogP contribution in [-0.2, 0) is 4.74 Å². The Bertz CT molecular complexity index is 473. The second-order valence-corrected chi connectivity index (χ2v) is 5.96. The topological polar surface area (TPSA) is 41.6 Å². The van der Waals surface area contributed by atoms with E-state index in [1.807, 2.05) is 19.1 Å². The Balaban J connectivity index is 1.82. The number of carbonyl (C=O) groups is 1. The summed E-state index contributed by atoms with van der Waals surface area (Å²) in [6.45, 7) is 7.75. The lowest BCUT2D eigenvalue weighted by Crippen LogP contribution is -2.37. The van der Waals surface area contributed by atoms with E-state index in [1.54, 1.807) is 6.07 Å². The molecule has 0 aliphatic carbocycles. The lowest BCUT2D eigenvalue weighted by molar-refractivity contribution is 0.0997. The molecule has 5 heteroatoms. The number of para-hydroxylation sites is 1. The number of carbonyl (C=O) groups excluding carboxylic acids is 1. The summed E-state index contributed by atoms with van der Waals surface area (Å²) in [5.74, 6) is 0.428. The van der Waals surface area contributed by atoms with Gasteiger partial charge in [0, 0.05) is 12.5 Å². The normalized spacial score (nSPS) is 19.3. The molecule has 0 spiro atoms. The highest BCUT2D eigenvalue weighted by Crippen LogP contribution is 2.25. The van der Waals surface area contributed by atoms with Crippen LogP contribution in [-0.4, -0.2) is 37.2 Å². The van der Waals surface area contributed by atoms with Crippen molar-refractivity contribution in [1.29, 1.82) is 0 Å². The molecule has 2 rings (SSSR count). The number of hydrogen-bond donors (Lipinski definition) is 1. The van der Waals surface area contributed by atoms with Crippen molar-refractivity contribution in [3.8, 4) is 0 Å². The molecule has 1 amide bonds. The van der Waals surface area contributed by atoms with Crippen molar-refractivity contribution < 1.29 is 9.53 Å². The number of rotatable bonds is 4. The second-order valence-electron chi connectivity index (χ2n) is 5.56. The standard InChI is InChI=1S/C16H23ClN2O2/c1-3-19-9-5-7-13(10-19)11-21-16(20)18-15-12(2)6-4-8-14(15)17/h4,6,8,13H,3,5,7,9-11H2,1-2H3,(H,18,20). The van der Waals surface area contributed by atoms with E-state index >= 15 is 0 Å². The molecule has 1 saturated heterocycles. The zero-order valence-corrected chi connectivity index (χ0v) is 13.4. The number of likely N-dealkylation sites (tertiary alicyclic amines) is 1. The summed E-state index contributed by atoms with van der Waals surface area (Å²) >= 11 is 6.08. The van der Waals surface area contributed by atoms with Crippen molar-refractivity contribution in [1.82, 2.24) is 4.90 Å². The second kappa shape index (κ2) is 7.66. The molecule has 1 atom stereocenters. The van der Waals surface area contributed by atoms with Crippen LogP contribution < -0.4 is 5.32 Å². The molecule has 0 saturated carbocycles. The van der Waals surface area contributed by atoms with Gasteiger partial charge in [-0.05, 0) is 44.5 Å². The molecular weight excluding hydrogens is 288 g/mol. The first-order valence-corrected chi connectivity index (χ1v) is 7.89. The third kappa shape index (κ3) is 4.61. The van der Waals surface area contributed by atoms with Crippen molar-refractivity contribution in [2.24, 2.45) is 5.92 Å². The lowest BCUT2D eigenvalue weighted by Gasteiger charge is -2.31. The van der Waals surface area contributed by atoms with E-state index in [9.17, 15) is 4.79 Å². The fourth-order valence-electron chi connectivity index (χ4n) is 2.70. The highest BCUT2D eigenvalue weighted by molar-refractivity contribution is 6.33. The van der Waals surface area contributed by atoms with Gasteiger partial charge in [0.15, 0.2) is 0 Å². The Morgan fingerprint density at radius 2 is 2.33 bits per heavy atom. The maximum atomic E-state index is 11.9. The number of aryl methyl sites for hydroxylation is 1. The number of anilines is 1. The average Bonchev–Trinajstić information content (AvgIpc) is 2.49. The van der Waals surface area contributed by atoms with Crippen LogP contribution in [0.4, 0.5) is 10.5 Å². The maximum Gasteiger partial charge on any atom is 0.411 e. The molecule has 0 radical (unpaired) electrons. The van der Waals surface area contributed by atoms with Crippen LogP contribution in [0.2, 0.25) is 5.02 Å². The fourth-order valence-corrected chi connectivity index (χ4v) is 2.97. The molecule has 1 aliphatic heterocycles. The highest BCUT2D eigenvalue weighted by atomic mass is 35.5. The van der Waals surface area contributed by atoms with Crippen LogP contribution in [0.3, 0.4) is 0 Å². The van der Waals surface area contributed by atoms with Crippen molar-refractivity contribution >= 4 is 23.4 Å². The van der Waals surface area contributed by atoms with Gasteiger partial charge in [-0.15, -0.1) is 0 Å². The first-order valence-electron chi connectivity index (χ1n) is 7.51. The van der Waals surface area contributed by atoms with E-state index in [2.05, 4.69) is 17.1 Å². The zero-order valence-electron chi connectivity index (χ0n) is 12.7. The average molecular weight is 311 g/mol.